The molecule has 0 radical (unpaired) electrons. The summed E-state index contributed by atoms with van der Waals surface area (Å²) in [6.45, 7) is 4.62. The number of nitriles is 1. The number of para-hydroxylation sites is 1. The second kappa shape index (κ2) is 5.02. The van der Waals surface area contributed by atoms with E-state index in [0.29, 0.717) is 5.41 Å². The van der Waals surface area contributed by atoms with Crippen LogP contribution in [0.15, 0.2) is 30.3 Å². The quantitative estimate of drug-likeness (QED) is 0.782. The summed E-state index contributed by atoms with van der Waals surface area (Å²) in [5.74, 6) is 0. The van der Waals surface area contributed by atoms with Gasteiger partial charge in [-0.3, -0.25) is 0 Å². The molecule has 0 aliphatic heterocycles. The second-order valence-corrected chi connectivity index (χ2v) is 6.20. The lowest BCUT2D eigenvalue weighted by Gasteiger charge is -2.28. The summed E-state index contributed by atoms with van der Waals surface area (Å²) < 4.78 is 0. The molecule has 0 spiro atoms. The highest BCUT2D eigenvalue weighted by atomic mass is 15.0. The molecule has 1 unspecified atom stereocenters. The molecule has 1 aliphatic rings. The normalized spacial score (nSPS) is 26.9. The average molecular weight is 242 g/mol. The van der Waals surface area contributed by atoms with Crippen molar-refractivity contribution in [2.45, 2.75) is 51.5 Å². The van der Waals surface area contributed by atoms with Gasteiger partial charge in [-0.2, -0.15) is 5.26 Å². The Morgan fingerprint density at radius 1 is 1.06 bits per heavy atom. The highest BCUT2D eigenvalue weighted by Gasteiger charge is 2.35. The van der Waals surface area contributed by atoms with E-state index >= 15 is 0 Å². The Balaban J connectivity index is 2.14. The van der Waals surface area contributed by atoms with Gasteiger partial charge in [0, 0.05) is 5.69 Å². The lowest BCUT2D eigenvalue weighted by atomic mass is 9.84. The zero-order valence-electron chi connectivity index (χ0n) is 11.4. The molecule has 0 heterocycles. The fraction of sp³-hybridized carbons (Fsp3) is 0.562. The molecular weight excluding hydrogens is 220 g/mol. The molecule has 18 heavy (non-hydrogen) atoms. The van der Waals surface area contributed by atoms with E-state index in [-0.39, 0.29) is 5.54 Å². The third-order valence-electron chi connectivity index (χ3n) is 4.06. The largest absolute Gasteiger partial charge is 0.367 e. The van der Waals surface area contributed by atoms with Crippen molar-refractivity contribution in [1.82, 2.24) is 0 Å². The first-order chi connectivity index (χ1) is 8.55. The third kappa shape index (κ3) is 3.04. The van der Waals surface area contributed by atoms with Crippen LogP contribution >= 0.6 is 0 Å². The zero-order chi connectivity index (χ0) is 13.1. The van der Waals surface area contributed by atoms with Gasteiger partial charge in [-0.05, 0) is 49.7 Å². The molecule has 2 nitrogen and oxygen atoms in total. The Labute approximate surface area is 110 Å². The molecule has 0 aromatic heterocycles. The van der Waals surface area contributed by atoms with E-state index in [4.69, 9.17) is 0 Å². The van der Waals surface area contributed by atoms with Crippen molar-refractivity contribution in [3.8, 4) is 6.07 Å². The molecule has 1 fully saturated rings. The summed E-state index contributed by atoms with van der Waals surface area (Å²) in [6, 6.07) is 12.6. The van der Waals surface area contributed by atoms with E-state index in [9.17, 15) is 5.26 Å². The van der Waals surface area contributed by atoms with Crippen LogP contribution in [0.2, 0.25) is 0 Å². The molecule has 1 saturated carbocycles. The number of benzene rings is 1. The topological polar surface area (TPSA) is 35.8 Å². The highest BCUT2D eigenvalue weighted by Crippen LogP contribution is 2.39. The van der Waals surface area contributed by atoms with Crippen LogP contribution < -0.4 is 5.32 Å². The standard InChI is InChI=1S/C16H22N2/c1-15(2)9-6-10-16(13-17,12-11-15)18-14-7-4-3-5-8-14/h3-5,7-8,18H,6,9-12H2,1-2H3. The van der Waals surface area contributed by atoms with Crippen molar-refractivity contribution in [3.05, 3.63) is 30.3 Å². The van der Waals surface area contributed by atoms with Crippen molar-refractivity contribution in [2.24, 2.45) is 5.41 Å². The van der Waals surface area contributed by atoms with E-state index in [1.165, 1.54) is 6.42 Å². The van der Waals surface area contributed by atoms with Gasteiger partial charge in [-0.15, -0.1) is 0 Å². The maximum atomic E-state index is 9.59. The predicted octanol–water partition coefficient (Wildman–Crippen LogP) is 4.35. The molecule has 1 aromatic rings. The third-order valence-corrected chi connectivity index (χ3v) is 4.06. The second-order valence-electron chi connectivity index (χ2n) is 6.20. The van der Waals surface area contributed by atoms with Crippen LogP contribution in [0, 0.1) is 16.7 Å². The lowest BCUT2D eigenvalue weighted by molar-refractivity contribution is 0.310. The predicted molar refractivity (Wildman–Crippen MR) is 75.3 cm³/mol. The monoisotopic (exact) mass is 242 g/mol. The number of nitrogens with one attached hydrogen (secondary N) is 1. The molecule has 1 atom stereocenters. The Bertz CT molecular complexity index is 430. The van der Waals surface area contributed by atoms with Crippen molar-refractivity contribution >= 4 is 5.69 Å². The summed E-state index contributed by atoms with van der Waals surface area (Å²) >= 11 is 0. The van der Waals surface area contributed by atoms with E-state index in [0.717, 1.165) is 31.4 Å². The molecule has 0 amide bonds. The molecule has 2 heteroatoms. The van der Waals surface area contributed by atoms with E-state index in [2.05, 4.69) is 25.2 Å². The van der Waals surface area contributed by atoms with Crippen LogP contribution in [-0.4, -0.2) is 5.54 Å². The Morgan fingerprint density at radius 2 is 1.78 bits per heavy atom. The van der Waals surface area contributed by atoms with Crippen LogP contribution in [0.1, 0.15) is 46.0 Å². The fourth-order valence-corrected chi connectivity index (χ4v) is 2.73. The van der Waals surface area contributed by atoms with Crippen LogP contribution in [0.4, 0.5) is 5.69 Å². The number of hydrogen-bond acceptors (Lipinski definition) is 2. The molecule has 96 valence electrons. The number of rotatable bonds is 2. The van der Waals surface area contributed by atoms with E-state index < -0.39 is 0 Å². The first-order valence-corrected chi connectivity index (χ1v) is 6.80. The fourth-order valence-electron chi connectivity index (χ4n) is 2.73. The SMILES string of the molecule is CC1(C)CCCC(C#N)(Nc2ccccc2)CC1. The Kier molecular flexibility index (Phi) is 3.61. The summed E-state index contributed by atoms with van der Waals surface area (Å²) in [5.41, 5.74) is 1.05. The van der Waals surface area contributed by atoms with Crippen molar-refractivity contribution in [1.29, 1.82) is 5.26 Å². The number of nitrogens with zero attached hydrogens (tertiary/aromatic N) is 1. The van der Waals surface area contributed by atoms with Crippen molar-refractivity contribution in [3.63, 3.8) is 0 Å². The first-order valence-electron chi connectivity index (χ1n) is 6.80. The number of hydrogen-bond donors (Lipinski definition) is 1. The van der Waals surface area contributed by atoms with Gasteiger partial charge in [-0.25, -0.2) is 0 Å². The van der Waals surface area contributed by atoms with Gasteiger partial charge in [0.1, 0.15) is 5.54 Å². The van der Waals surface area contributed by atoms with Crippen molar-refractivity contribution < 1.29 is 0 Å². The first kappa shape index (κ1) is 13.0. The van der Waals surface area contributed by atoms with Crippen LogP contribution in [0.25, 0.3) is 0 Å². The van der Waals surface area contributed by atoms with Gasteiger partial charge < -0.3 is 5.32 Å². The minimum atomic E-state index is -0.380. The zero-order valence-corrected chi connectivity index (χ0v) is 11.4. The van der Waals surface area contributed by atoms with E-state index in [1.807, 2.05) is 30.3 Å². The molecule has 1 aromatic carbocycles. The summed E-state index contributed by atoms with van der Waals surface area (Å²) in [6.07, 6.45) is 5.33. The molecule has 1 N–H and O–H groups in total. The Morgan fingerprint density at radius 3 is 2.44 bits per heavy atom. The maximum absolute atomic E-state index is 9.59. The maximum Gasteiger partial charge on any atom is 0.125 e. The molecule has 0 saturated heterocycles. The average Bonchev–Trinajstić information content (AvgIpc) is 2.51. The van der Waals surface area contributed by atoms with E-state index in [1.54, 1.807) is 0 Å². The summed E-state index contributed by atoms with van der Waals surface area (Å²) in [5, 5.41) is 13.0. The van der Waals surface area contributed by atoms with Gasteiger partial charge in [0.2, 0.25) is 0 Å². The lowest BCUT2D eigenvalue weighted by Crippen LogP contribution is -2.36. The minimum absolute atomic E-state index is 0.372. The van der Waals surface area contributed by atoms with Gasteiger partial charge in [0.05, 0.1) is 6.07 Å². The highest BCUT2D eigenvalue weighted by molar-refractivity contribution is 5.47. The Hall–Kier alpha value is -1.49. The van der Waals surface area contributed by atoms with Crippen LogP contribution in [0.5, 0.6) is 0 Å². The van der Waals surface area contributed by atoms with Gasteiger partial charge in [0.25, 0.3) is 0 Å². The molecule has 1 aliphatic carbocycles. The molecule has 2 rings (SSSR count). The van der Waals surface area contributed by atoms with Gasteiger partial charge >= 0.3 is 0 Å². The van der Waals surface area contributed by atoms with Gasteiger partial charge in [0.15, 0.2) is 0 Å². The molecular formula is C16H22N2. The van der Waals surface area contributed by atoms with Crippen LogP contribution in [-0.2, 0) is 0 Å². The smallest absolute Gasteiger partial charge is 0.125 e. The molecule has 0 bridgehead atoms. The summed E-state index contributed by atoms with van der Waals surface area (Å²) in [7, 11) is 0. The number of anilines is 1. The van der Waals surface area contributed by atoms with Crippen LogP contribution in [0.3, 0.4) is 0 Å². The van der Waals surface area contributed by atoms with Gasteiger partial charge in [-0.1, -0.05) is 32.0 Å². The summed E-state index contributed by atoms with van der Waals surface area (Å²) in [4.78, 5) is 0. The minimum Gasteiger partial charge on any atom is -0.367 e. The van der Waals surface area contributed by atoms with Crippen molar-refractivity contribution in [2.75, 3.05) is 5.32 Å².